The van der Waals surface area contributed by atoms with Gasteiger partial charge in [-0.1, -0.05) is 98.4 Å². The summed E-state index contributed by atoms with van der Waals surface area (Å²) in [4.78, 5) is 4.75. The average Bonchev–Trinajstić information content (AvgIpc) is 3.27. The van der Waals surface area contributed by atoms with E-state index in [0.29, 0.717) is 35.7 Å². The zero-order valence-electron chi connectivity index (χ0n) is 48.7. The van der Waals surface area contributed by atoms with Gasteiger partial charge in [0.05, 0.1) is 6.07 Å². The quantitative estimate of drug-likeness (QED) is 0.364. The number of benzene rings is 2. The second-order valence-electron chi connectivity index (χ2n) is 27.0. The topological polar surface area (TPSA) is 124 Å². The molecule has 0 radical (unpaired) electrons. The van der Waals surface area contributed by atoms with Crippen molar-refractivity contribution in [3.05, 3.63) is 57.6 Å². The molecule has 13 heteroatoms. The Labute approximate surface area is 513 Å². The largest absolute Gasteiger partial charge is 3.00 e. The molecule has 10 saturated carbocycles. The van der Waals surface area contributed by atoms with E-state index >= 15 is 0 Å². The summed E-state index contributed by atoms with van der Waals surface area (Å²) in [6.07, 6.45) is 26.3. The van der Waals surface area contributed by atoms with Crippen LogP contribution in [0.5, 0.6) is 11.5 Å². The van der Waals surface area contributed by atoms with Crippen molar-refractivity contribution >= 4 is 51.7 Å². The van der Waals surface area contributed by atoms with Crippen molar-refractivity contribution in [1.82, 2.24) is 20.4 Å². The summed E-state index contributed by atoms with van der Waals surface area (Å²) < 4.78 is 0. The molecule has 12 rings (SSSR count). The van der Waals surface area contributed by atoms with Gasteiger partial charge in [-0.2, -0.15) is 5.26 Å². The maximum atomic E-state index is 14.0. The van der Waals surface area contributed by atoms with E-state index in [1.165, 1.54) is 158 Å². The van der Waals surface area contributed by atoms with Crippen LogP contribution < -0.4 is 63.2 Å². The first-order valence-corrected chi connectivity index (χ1v) is 28.5. The molecule has 2 N–H and O–H groups in total. The van der Waals surface area contributed by atoms with E-state index in [2.05, 4.69) is 114 Å². The van der Waals surface area contributed by atoms with Crippen molar-refractivity contribution in [1.29, 1.82) is 5.26 Å². The SMILES string of the molecule is CC#N.CC[O-].CN(C)[C@H]1CCCC[C@@H]1NCc1cc(C(C)(C)C)cc(C23CC4CC(CC(C4)C2)C3)c1[O-].CN(C)[C@H]1CCCC[C@@H]1NCc1cc(C(C)(C)C)cc(C23CC4CC(CC(C4)C2)C3)c1[O-].[Cl-].[Cl-].[Cl-].[In+3].[In+3]. The Morgan fingerprint density at radius 2 is 0.800 bits per heavy atom. The molecule has 2 aromatic rings. The minimum Gasteiger partial charge on any atom is -1.00 e. The predicted octanol–water partition coefficient (Wildman–Crippen LogP) is 1.12. The van der Waals surface area contributed by atoms with Crippen LogP contribution in [0, 0.1) is 46.8 Å². The standard InChI is InChI=1S/2C29H46N2O.C2H3N.C2H5O.3ClH.2In/c2*1-28(2,3)23-13-22(18-30-25-8-6-7-9-26(25)31(4)5)27(32)24(14-23)29-15-19-10-20(16-29)12-21(11-19)17-29;2*1-2-3;;;;;/h2*13-14,19-21,25-26,30,32H,6-12,15-18H2,1-5H3;1H3;2H2,1H3;3*1H;;/q;;;-1;;;;2*+3/p-5/t2*19?,20?,21?,25-,26-,29?;;;;;;;/m00......./s1. The Morgan fingerprint density at radius 3 is 1.04 bits per heavy atom. The number of hydrogen-bond donors (Lipinski definition) is 2. The van der Waals surface area contributed by atoms with Gasteiger partial charge in [0.15, 0.2) is 0 Å². The zero-order chi connectivity index (χ0) is 50.8. The van der Waals surface area contributed by atoms with Crippen LogP contribution in [-0.4, -0.2) is 120 Å². The van der Waals surface area contributed by atoms with Crippen molar-refractivity contribution in [2.45, 2.75) is 243 Å². The molecular weight excluding hydrogens is 1200 g/mol. The first-order valence-electron chi connectivity index (χ1n) is 28.5. The molecule has 416 valence electrons. The van der Waals surface area contributed by atoms with E-state index in [1.807, 2.05) is 0 Å². The number of nitriles is 1. The summed E-state index contributed by atoms with van der Waals surface area (Å²) in [6.45, 7) is 18.3. The number of nitrogens with zero attached hydrogens (tertiary/aromatic N) is 3. The summed E-state index contributed by atoms with van der Waals surface area (Å²) >= 11 is 0. The van der Waals surface area contributed by atoms with Gasteiger partial charge < -0.3 is 73.0 Å². The van der Waals surface area contributed by atoms with Crippen LogP contribution in [0.3, 0.4) is 0 Å². The van der Waals surface area contributed by atoms with Gasteiger partial charge in [-0.3, -0.25) is 0 Å². The molecule has 8 bridgehead atoms. The van der Waals surface area contributed by atoms with E-state index in [-0.39, 0.29) is 117 Å². The Kier molecular flexibility index (Phi) is 28.7. The van der Waals surface area contributed by atoms with Gasteiger partial charge in [-0.25, -0.2) is 0 Å². The Morgan fingerprint density at radius 1 is 0.547 bits per heavy atom. The fraction of sp³-hybridized carbons (Fsp3) is 0.790. The predicted molar refractivity (Wildman–Crippen MR) is 295 cm³/mol. The smallest absolute Gasteiger partial charge is 1.00 e. The molecule has 0 unspecified atom stereocenters. The van der Waals surface area contributed by atoms with Crippen LogP contribution in [-0.2, 0) is 34.7 Å². The van der Waals surface area contributed by atoms with Crippen molar-refractivity contribution in [3.8, 4) is 17.6 Å². The van der Waals surface area contributed by atoms with Crippen LogP contribution in [0.25, 0.3) is 0 Å². The molecule has 10 fully saturated rings. The summed E-state index contributed by atoms with van der Waals surface area (Å²) in [5.74, 6) is 5.92. The van der Waals surface area contributed by atoms with Crippen LogP contribution in [0.4, 0.5) is 0 Å². The van der Waals surface area contributed by atoms with Gasteiger partial charge in [-0.05, 0) is 221 Å². The molecule has 75 heavy (non-hydrogen) atoms. The van der Waals surface area contributed by atoms with Crippen LogP contribution >= 0.6 is 0 Å². The van der Waals surface area contributed by atoms with Gasteiger partial charge in [0.1, 0.15) is 0 Å². The monoisotopic (exact) mass is 1300 g/mol. The molecule has 0 heterocycles. The molecular formula is C62H98Cl3In2N5O3. The minimum atomic E-state index is 0. The van der Waals surface area contributed by atoms with E-state index in [9.17, 15) is 10.2 Å². The number of nitrogens with one attached hydrogen (secondary N) is 2. The third-order valence-electron chi connectivity index (χ3n) is 19.2. The van der Waals surface area contributed by atoms with E-state index in [1.54, 1.807) is 13.0 Å². The second-order valence-corrected chi connectivity index (χ2v) is 27.0. The molecule has 0 amide bonds. The molecule has 2 aromatic carbocycles. The number of halogens is 3. The zero-order valence-corrected chi connectivity index (χ0v) is 57.6. The fourth-order valence-electron chi connectivity index (χ4n) is 16.6. The van der Waals surface area contributed by atoms with Gasteiger partial charge in [0.25, 0.3) is 0 Å². The molecule has 0 aromatic heterocycles. The summed E-state index contributed by atoms with van der Waals surface area (Å²) in [7, 11) is 8.81. The molecule has 8 nitrogen and oxygen atoms in total. The minimum absolute atomic E-state index is 0. The van der Waals surface area contributed by atoms with Crippen molar-refractivity contribution < 1.29 is 52.5 Å². The number of likely N-dealkylation sites (N-methyl/N-ethyl adjacent to an activating group) is 2. The van der Waals surface area contributed by atoms with Crippen LogP contribution in [0.15, 0.2) is 24.3 Å². The van der Waals surface area contributed by atoms with Gasteiger partial charge in [0.2, 0.25) is 0 Å². The van der Waals surface area contributed by atoms with E-state index in [4.69, 9.17) is 10.4 Å². The maximum Gasteiger partial charge on any atom is 3.00 e. The molecule has 0 spiro atoms. The van der Waals surface area contributed by atoms with Crippen molar-refractivity contribution in [2.75, 3.05) is 34.8 Å². The van der Waals surface area contributed by atoms with Gasteiger partial charge >= 0.3 is 51.7 Å². The van der Waals surface area contributed by atoms with E-state index < -0.39 is 0 Å². The Balaban J connectivity index is 0.000000438. The van der Waals surface area contributed by atoms with E-state index in [0.717, 1.165) is 59.7 Å². The molecule has 10 aliphatic rings. The van der Waals surface area contributed by atoms with Crippen molar-refractivity contribution in [2.24, 2.45) is 35.5 Å². The van der Waals surface area contributed by atoms with Crippen LogP contribution in [0.2, 0.25) is 0 Å². The molecule has 0 saturated heterocycles. The van der Waals surface area contributed by atoms with Gasteiger partial charge in [0, 0.05) is 44.2 Å². The third kappa shape index (κ3) is 17.0. The first-order chi connectivity index (χ1) is 33.1. The Hall–Kier alpha value is -0.0597. The normalized spacial score (nSPS) is 31.7. The van der Waals surface area contributed by atoms with Gasteiger partial charge in [-0.15, -0.1) is 18.1 Å². The second kappa shape index (κ2) is 30.3. The molecule has 10 aliphatic carbocycles. The molecule has 0 aliphatic heterocycles. The van der Waals surface area contributed by atoms with Crippen LogP contribution in [0.1, 0.15) is 217 Å². The molecule has 4 atom stereocenters. The summed E-state index contributed by atoms with van der Waals surface area (Å²) in [6, 6.07) is 13.1. The summed E-state index contributed by atoms with van der Waals surface area (Å²) in [5.41, 5.74) is 7.59. The average molecular weight is 1300 g/mol. The Bertz CT molecular complexity index is 1890. The fourth-order valence-corrected chi connectivity index (χ4v) is 16.6. The van der Waals surface area contributed by atoms with Crippen molar-refractivity contribution in [3.63, 3.8) is 0 Å². The first kappa shape index (κ1) is 71.0. The summed E-state index contributed by atoms with van der Waals surface area (Å²) in [5, 5.41) is 51.9. The third-order valence-corrected chi connectivity index (χ3v) is 19.2. The number of rotatable bonds is 10. The number of hydrogen-bond acceptors (Lipinski definition) is 8. The maximum absolute atomic E-state index is 14.0.